The van der Waals surface area contributed by atoms with Crippen molar-refractivity contribution >= 4 is 29.2 Å². The van der Waals surface area contributed by atoms with Crippen LogP contribution in [0.4, 0.5) is 11.4 Å². The highest BCUT2D eigenvalue weighted by Crippen LogP contribution is 2.37. The zero-order valence-corrected chi connectivity index (χ0v) is 18.4. The predicted octanol–water partition coefficient (Wildman–Crippen LogP) is 3.65. The van der Waals surface area contributed by atoms with Gasteiger partial charge in [-0.1, -0.05) is 0 Å². The van der Waals surface area contributed by atoms with Crippen LogP contribution >= 0.6 is 0 Å². The van der Waals surface area contributed by atoms with Gasteiger partial charge in [-0.3, -0.25) is 24.2 Å². The molecule has 2 aromatic carbocycles. The number of fused-ring (bicyclic) bond motifs is 1. The van der Waals surface area contributed by atoms with Crippen molar-refractivity contribution in [1.29, 1.82) is 0 Å². The second-order valence-electron chi connectivity index (χ2n) is 7.74. The molecule has 0 bridgehead atoms. The average molecular weight is 431 g/mol. The van der Waals surface area contributed by atoms with Gasteiger partial charge in [0.2, 0.25) is 5.91 Å². The van der Waals surface area contributed by atoms with Gasteiger partial charge in [0.05, 0.1) is 18.0 Å². The highest BCUT2D eigenvalue weighted by atomic mass is 16.5. The number of anilines is 2. The van der Waals surface area contributed by atoms with E-state index in [0.717, 1.165) is 16.8 Å². The van der Waals surface area contributed by atoms with E-state index in [9.17, 15) is 14.4 Å². The van der Waals surface area contributed by atoms with E-state index >= 15 is 0 Å². The number of carbonyl (C=O) groups excluding carboxylic acids is 3. The fourth-order valence-electron chi connectivity index (χ4n) is 3.79. The normalized spacial score (nSPS) is 13.2. The first-order valence-corrected chi connectivity index (χ1v) is 10.5. The summed E-state index contributed by atoms with van der Waals surface area (Å²) in [5.41, 5.74) is 4.53. The minimum Gasteiger partial charge on any atom is -0.465 e. The van der Waals surface area contributed by atoms with Gasteiger partial charge >= 0.3 is 5.97 Å². The molecule has 1 aromatic heterocycles. The molecule has 164 valence electrons. The molecule has 1 aliphatic rings. The summed E-state index contributed by atoms with van der Waals surface area (Å²) in [7, 11) is 0. The Bertz CT molecular complexity index is 1170. The maximum absolute atomic E-state index is 13.4. The van der Waals surface area contributed by atoms with Gasteiger partial charge in [-0.2, -0.15) is 0 Å². The molecule has 2 heterocycles. The molecule has 0 saturated carbocycles. The van der Waals surface area contributed by atoms with Crippen molar-refractivity contribution in [2.24, 2.45) is 0 Å². The Morgan fingerprint density at radius 1 is 0.969 bits per heavy atom. The summed E-state index contributed by atoms with van der Waals surface area (Å²) in [6.07, 6.45) is 3.86. The lowest BCUT2D eigenvalue weighted by Crippen LogP contribution is -2.50. The first-order valence-electron chi connectivity index (χ1n) is 10.5. The second kappa shape index (κ2) is 8.70. The van der Waals surface area contributed by atoms with Crippen molar-refractivity contribution in [3.05, 3.63) is 77.6 Å². The fraction of sp³-hybridized carbons (Fsp3) is 0.240. The molecule has 0 spiro atoms. The van der Waals surface area contributed by atoms with E-state index in [2.05, 4.69) is 0 Å². The quantitative estimate of drug-likeness (QED) is 0.578. The molecule has 2 amide bonds. The third-order valence-corrected chi connectivity index (χ3v) is 5.62. The largest absolute Gasteiger partial charge is 0.465 e. The summed E-state index contributed by atoms with van der Waals surface area (Å²) in [5, 5.41) is 0. The van der Waals surface area contributed by atoms with Crippen LogP contribution in [0.2, 0.25) is 0 Å². The summed E-state index contributed by atoms with van der Waals surface area (Å²) in [6.45, 7) is 5.52. The Balaban J connectivity index is 1.68. The van der Waals surface area contributed by atoms with Crippen molar-refractivity contribution in [3.63, 3.8) is 0 Å². The second-order valence-corrected chi connectivity index (χ2v) is 7.74. The monoisotopic (exact) mass is 431 g/mol. The van der Waals surface area contributed by atoms with E-state index in [1.54, 1.807) is 19.1 Å². The highest BCUT2D eigenvalue weighted by Gasteiger charge is 2.34. The van der Waals surface area contributed by atoms with Crippen LogP contribution in [0, 0.1) is 13.8 Å². The van der Waals surface area contributed by atoms with Gasteiger partial charge in [0.15, 0.2) is 0 Å². The Morgan fingerprint density at radius 2 is 1.59 bits per heavy atom. The van der Waals surface area contributed by atoms with E-state index in [1.807, 2.05) is 67.2 Å². The minimum absolute atomic E-state index is 0.146. The molecule has 0 fully saturated rings. The van der Waals surface area contributed by atoms with E-state index < -0.39 is 5.97 Å². The Morgan fingerprint density at radius 3 is 2.22 bits per heavy atom. The molecule has 32 heavy (non-hydrogen) atoms. The molecule has 0 unspecified atom stereocenters. The molecule has 0 aliphatic carbocycles. The van der Waals surface area contributed by atoms with Gasteiger partial charge in [-0.25, -0.2) is 0 Å². The smallest absolute Gasteiger partial charge is 0.326 e. The van der Waals surface area contributed by atoms with Gasteiger partial charge in [0, 0.05) is 23.6 Å². The number of hydrogen-bond acceptors (Lipinski definition) is 4. The van der Waals surface area contributed by atoms with Crippen LogP contribution in [0.25, 0.3) is 5.69 Å². The predicted molar refractivity (Wildman–Crippen MR) is 122 cm³/mol. The Hall–Kier alpha value is -3.87. The van der Waals surface area contributed by atoms with Gasteiger partial charge in [0.1, 0.15) is 13.1 Å². The first-order chi connectivity index (χ1) is 15.4. The van der Waals surface area contributed by atoms with Crippen molar-refractivity contribution in [1.82, 2.24) is 4.57 Å². The minimum atomic E-state index is -0.481. The number of nitrogens with zero attached hydrogens (tertiary/aromatic N) is 3. The van der Waals surface area contributed by atoms with Crippen LogP contribution < -0.4 is 9.80 Å². The van der Waals surface area contributed by atoms with Crippen LogP contribution in [0.1, 0.15) is 28.4 Å². The number of aryl methyl sites for hydroxylation is 2. The molecule has 7 nitrogen and oxygen atoms in total. The number of rotatable bonds is 5. The molecule has 3 aromatic rings. The standard InChI is InChI=1S/C25H25N3O4/c1-4-32-24(30)16-27-21-13-17(2)18(3)14-22(21)28(15-23(27)29)25(31)19-7-9-20(10-8-19)26-11-5-6-12-26/h5-14H,4,15-16H2,1-3H3. The number of aromatic nitrogens is 1. The Labute approximate surface area is 186 Å². The first kappa shape index (κ1) is 21.4. The Kier molecular flexibility index (Phi) is 5.81. The number of hydrogen-bond donors (Lipinski definition) is 0. The molecule has 0 radical (unpaired) electrons. The zero-order valence-electron chi connectivity index (χ0n) is 18.4. The molecule has 7 heteroatoms. The number of ether oxygens (including phenoxy) is 1. The fourth-order valence-corrected chi connectivity index (χ4v) is 3.79. The van der Waals surface area contributed by atoms with E-state index in [1.165, 1.54) is 9.80 Å². The molecular weight excluding hydrogens is 406 g/mol. The SMILES string of the molecule is CCOC(=O)CN1C(=O)CN(C(=O)c2ccc(-n3cccc3)cc2)c2cc(C)c(C)cc21. The van der Waals surface area contributed by atoms with Crippen LogP contribution in [0.5, 0.6) is 0 Å². The molecule has 0 N–H and O–H groups in total. The van der Waals surface area contributed by atoms with Crippen LogP contribution in [0.3, 0.4) is 0 Å². The van der Waals surface area contributed by atoms with Crippen molar-refractivity contribution in [2.45, 2.75) is 20.8 Å². The summed E-state index contributed by atoms with van der Waals surface area (Å²) in [4.78, 5) is 41.3. The third kappa shape index (κ3) is 4.01. The number of amides is 2. The summed E-state index contributed by atoms with van der Waals surface area (Å²) in [6, 6.07) is 14.9. The van der Waals surface area contributed by atoms with E-state index in [4.69, 9.17) is 4.74 Å². The third-order valence-electron chi connectivity index (χ3n) is 5.62. The average Bonchev–Trinajstić information content (AvgIpc) is 3.32. The molecule has 0 saturated heterocycles. The molecule has 4 rings (SSSR count). The van der Waals surface area contributed by atoms with E-state index in [-0.39, 0.29) is 31.5 Å². The van der Waals surface area contributed by atoms with Gasteiger partial charge in [-0.05, 0) is 80.4 Å². The highest BCUT2D eigenvalue weighted by molar-refractivity contribution is 6.16. The lowest BCUT2D eigenvalue weighted by Gasteiger charge is -2.36. The molecule has 1 aliphatic heterocycles. The van der Waals surface area contributed by atoms with Crippen LogP contribution in [0.15, 0.2) is 60.9 Å². The summed E-state index contributed by atoms with van der Waals surface area (Å²) >= 11 is 0. The van der Waals surface area contributed by atoms with Crippen molar-refractivity contribution in [2.75, 3.05) is 29.5 Å². The van der Waals surface area contributed by atoms with Crippen LogP contribution in [-0.4, -0.2) is 42.0 Å². The van der Waals surface area contributed by atoms with E-state index in [0.29, 0.717) is 16.9 Å². The summed E-state index contributed by atoms with van der Waals surface area (Å²) in [5.74, 6) is -1.07. The van der Waals surface area contributed by atoms with Gasteiger partial charge in [0.25, 0.3) is 5.91 Å². The molecular formula is C25H25N3O4. The van der Waals surface area contributed by atoms with Crippen LogP contribution in [-0.2, 0) is 14.3 Å². The summed E-state index contributed by atoms with van der Waals surface area (Å²) < 4.78 is 6.98. The maximum Gasteiger partial charge on any atom is 0.326 e. The van der Waals surface area contributed by atoms with Gasteiger partial charge < -0.3 is 9.30 Å². The van der Waals surface area contributed by atoms with Crippen molar-refractivity contribution in [3.8, 4) is 5.69 Å². The number of benzene rings is 2. The number of esters is 1. The zero-order chi connectivity index (χ0) is 22.8. The lowest BCUT2D eigenvalue weighted by molar-refractivity contribution is -0.142. The maximum atomic E-state index is 13.4. The van der Waals surface area contributed by atoms with Gasteiger partial charge in [-0.15, -0.1) is 0 Å². The molecule has 0 atom stereocenters. The lowest BCUT2D eigenvalue weighted by atomic mass is 10.0. The topological polar surface area (TPSA) is 71.8 Å². The van der Waals surface area contributed by atoms with Crippen molar-refractivity contribution < 1.29 is 19.1 Å². The number of carbonyl (C=O) groups is 3.